The number of carbonyl (C=O) groups is 3. The fourth-order valence-corrected chi connectivity index (χ4v) is 10.0. The van der Waals surface area contributed by atoms with Gasteiger partial charge in [0.1, 0.15) is 17.5 Å². The van der Waals surface area contributed by atoms with Crippen LogP contribution >= 0.6 is 0 Å². The highest BCUT2D eigenvalue weighted by Crippen LogP contribution is 2.48. The Balaban J connectivity index is 0.787. The van der Waals surface area contributed by atoms with E-state index in [9.17, 15) is 19.5 Å². The molecule has 3 amide bonds. The number of hydrogen-bond donors (Lipinski definition) is 2. The van der Waals surface area contributed by atoms with Gasteiger partial charge < -0.3 is 24.5 Å². The molecule has 0 saturated carbocycles. The second kappa shape index (κ2) is 15.3. The van der Waals surface area contributed by atoms with Crippen molar-refractivity contribution < 1.29 is 24.2 Å². The number of nitrogens with zero attached hydrogens (tertiary/aromatic N) is 4. The maximum absolute atomic E-state index is 13.2. The first-order chi connectivity index (χ1) is 27.3. The van der Waals surface area contributed by atoms with E-state index in [1.54, 1.807) is 12.0 Å². The second-order valence-corrected chi connectivity index (χ2v) is 16.3. The fourth-order valence-electron chi connectivity index (χ4n) is 10.0. The monoisotopic (exact) mass is 753 g/mol. The van der Waals surface area contributed by atoms with Crippen LogP contribution in [0.25, 0.3) is 0 Å². The summed E-state index contributed by atoms with van der Waals surface area (Å²) in [7, 11) is 1.73. The molecule has 0 bridgehead atoms. The van der Waals surface area contributed by atoms with Crippen LogP contribution in [0.4, 0.5) is 11.4 Å². The minimum Gasteiger partial charge on any atom is -0.508 e. The van der Waals surface area contributed by atoms with Crippen LogP contribution in [0.1, 0.15) is 82.1 Å². The van der Waals surface area contributed by atoms with Crippen LogP contribution in [-0.2, 0) is 22.6 Å². The summed E-state index contributed by atoms with van der Waals surface area (Å²) in [5.41, 5.74) is 9.18. The van der Waals surface area contributed by atoms with E-state index in [4.69, 9.17) is 4.74 Å². The van der Waals surface area contributed by atoms with Crippen molar-refractivity contribution in [1.82, 2.24) is 15.1 Å². The molecule has 10 heteroatoms. The average Bonchev–Trinajstić information content (AvgIpc) is 3.55. The van der Waals surface area contributed by atoms with Gasteiger partial charge in [0.05, 0.1) is 7.11 Å². The SMILES string of the molecule is COc1cccc([C@H]2CCc3cc(O)ccc3[C@H]2c2ccc(N3CCC(CN4CCN(c5ccc6c(c5)CN([C@H]5CCC(=O)NC5=O)C6=O)CC4)CC3)cc2)c1. The van der Waals surface area contributed by atoms with Crippen LogP contribution in [0.15, 0.2) is 84.9 Å². The molecule has 0 unspecified atom stereocenters. The largest absolute Gasteiger partial charge is 0.508 e. The zero-order valence-corrected chi connectivity index (χ0v) is 32.2. The standard InChI is InChI=1S/C46H51N5O5/c1-56-38-4-2-3-32(27-38)39-12-7-33-26-37(52)11-14-40(33)44(39)31-5-8-35(9-6-31)49-19-17-30(18-20-49)28-48-21-23-50(24-22-48)36-10-13-41-34(25-36)29-51(46(41)55)42-15-16-43(53)47-45(42)54/h2-6,8-11,13-14,25-27,30,39,42,44,52H,7,12,15-24,28-29H2,1H3,(H,47,53,54)/t39-,42+,44+/m1/s1. The first-order valence-electron chi connectivity index (χ1n) is 20.4. The van der Waals surface area contributed by atoms with Crippen molar-refractivity contribution >= 4 is 29.1 Å². The number of ether oxygens (including phenoxy) is 1. The van der Waals surface area contributed by atoms with Crippen molar-refractivity contribution in [2.75, 3.05) is 62.7 Å². The lowest BCUT2D eigenvalue weighted by Gasteiger charge is -2.40. The summed E-state index contributed by atoms with van der Waals surface area (Å²) < 4.78 is 5.59. The van der Waals surface area contributed by atoms with E-state index < -0.39 is 6.04 Å². The number of carbonyl (C=O) groups excluding carboxylic acids is 3. The Kier molecular flexibility index (Phi) is 9.91. The van der Waals surface area contributed by atoms with Crippen molar-refractivity contribution in [3.8, 4) is 11.5 Å². The molecular weight excluding hydrogens is 703 g/mol. The fraction of sp³-hybridized carbons (Fsp3) is 0.413. The van der Waals surface area contributed by atoms with E-state index in [0.29, 0.717) is 36.1 Å². The van der Waals surface area contributed by atoms with Crippen LogP contribution in [-0.4, -0.2) is 91.6 Å². The number of benzene rings is 4. The number of phenols is 1. The second-order valence-electron chi connectivity index (χ2n) is 16.3. The van der Waals surface area contributed by atoms with Crippen molar-refractivity contribution in [1.29, 1.82) is 0 Å². The number of phenolic OH excluding ortho intramolecular Hbond substituents is 1. The Morgan fingerprint density at radius 1 is 0.732 bits per heavy atom. The number of piperazine rings is 1. The first kappa shape index (κ1) is 36.3. The molecule has 0 spiro atoms. The van der Waals surface area contributed by atoms with E-state index in [1.165, 1.54) is 40.8 Å². The maximum atomic E-state index is 13.2. The van der Waals surface area contributed by atoms with Crippen molar-refractivity contribution in [2.45, 2.75) is 62.9 Å². The number of rotatable bonds is 8. The number of aromatic hydroxyl groups is 1. The normalized spacial score (nSPS) is 23.2. The lowest BCUT2D eigenvalue weighted by molar-refractivity contribution is -0.136. The highest BCUT2D eigenvalue weighted by Gasteiger charge is 2.39. The van der Waals surface area contributed by atoms with Gasteiger partial charge in [-0.05, 0) is 126 Å². The molecule has 5 aliphatic rings. The smallest absolute Gasteiger partial charge is 0.255 e. The predicted octanol–water partition coefficient (Wildman–Crippen LogP) is 6.06. The van der Waals surface area contributed by atoms with Gasteiger partial charge in [-0.3, -0.25) is 24.6 Å². The number of imide groups is 1. The topological polar surface area (TPSA) is 106 Å². The molecular formula is C46H51N5O5. The molecule has 1 aliphatic carbocycles. The van der Waals surface area contributed by atoms with Gasteiger partial charge in [0, 0.05) is 81.6 Å². The number of methoxy groups -OCH3 is 1. The number of hydrogen-bond acceptors (Lipinski definition) is 8. The van der Waals surface area contributed by atoms with Gasteiger partial charge in [-0.2, -0.15) is 0 Å². The minimum absolute atomic E-state index is 0.124. The summed E-state index contributed by atoms with van der Waals surface area (Å²) in [6, 6.07) is 29.2. The number of amides is 3. The quantitative estimate of drug-likeness (QED) is 0.210. The molecule has 290 valence electrons. The molecule has 0 radical (unpaired) electrons. The molecule has 4 aromatic rings. The van der Waals surface area contributed by atoms with Gasteiger partial charge in [-0.1, -0.05) is 30.3 Å². The summed E-state index contributed by atoms with van der Waals surface area (Å²) in [5, 5.41) is 12.7. The molecule has 3 saturated heterocycles. The minimum atomic E-state index is -0.589. The third-order valence-electron chi connectivity index (χ3n) is 13.1. The third-order valence-corrected chi connectivity index (χ3v) is 13.1. The number of piperidine rings is 2. The Morgan fingerprint density at radius 2 is 1.50 bits per heavy atom. The van der Waals surface area contributed by atoms with E-state index in [-0.39, 0.29) is 30.1 Å². The van der Waals surface area contributed by atoms with E-state index >= 15 is 0 Å². The molecule has 4 aliphatic heterocycles. The molecule has 0 aromatic heterocycles. The van der Waals surface area contributed by atoms with Crippen molar-refractivity contribution in [3.05, 3.63) is 118 Å². The van der Waals surface area contributed by atoms with Gasteiger partial charge >= 0.3 is 0 Å². The zero-order valence-electron chi connectivity index (χ0n) is 32.2. The molecule has 9 rings (SSSR count). The number of aryl methyl sites for hydroxylation is 1. The predicted molar refractivity (Wildman–Crippen MR) is 217 cm³/mol. The van der Waals surface area contributed by atoms with Crippen LogP contribution in [0.5, 0.6) is 11.5 Å². The highest BCUT2D eigenvalue weighted by atomic mass is 16.5. The van der Waals surface area contributed by atoms with Crippen LogP contribution in [0.3, 0.4) is 0 Å². The van der Waals surface area contributed by atoms with Gasteiger partial charge in [-0.15, -0.1) is 0 Å². The molecule has 3 atom stereocenters. The lowest BCUT2D eigenvalue weighted by Crippen LogP contribution is -2.52. The zero-order chi connectivity index (χ0) is 38.3. The van der Waals surface area contributed by atoms with Crippen LogP contribution in [0, 0.1) is 5.92 Å². The first-order valence-corrected chi connectivity index (χ1v) is 20.4. The Bertz CT molecular complexity index is 2120. The summed E-state index contributed by atoms with van der Waals surface area (Å²) in [6.45, 7) is 7.57. The van der Waals surface area contributed by atoms with E-state index in [0.717, 1.165) is 75.7 Å². The Morgan fingerprint density at radius 3 is 2.27 bits per heavy atom. The Labute approximate surface area is 329 Å². The highest BCUT2D eigenvalue weighted by molar-refractivity contribution is 6.05. The maximum Gasteiger partial charge on any atom is 0.255 e. The number of fused-ring (bicyclic) bond motifs is 2. The van der Waals surface area contributed by atoms with Gasteiger partial charge in [0.2, 0.25) is 11.8 Å². The Hall–Kier alpha value is -5.35. The molecule has 10 nitrogen and oxygen atoms in total. The summed E-state index contributed by atoms with van der Waals surface area (Å²) in [4.78, 5) is 46.5. The molecule has 4 aromatic carbocycles. The van der Waals surface area contributed by atoms with Crippen LogP contribution < -0.4 is 19.9 Å². The molecule has 3 fully saturated rings. The van der Waals surface area contributed by atoms with Crippen LogP contribution in [0.2, 0.25) is 0 Å². The van der Waals surface area contributed by atoms with Crippen molar-refractivity contribution in [3.63, 3.8) is 0 Å². The summed E-state index contributed by atoms with van der Waals surface area (Å²) in [6.07, 6.45) is 4.96. The average molecular weight is 754 g/mol. The molecule has 4 heterocycles. The van der Waals surface area contributed by atoms with Gasteiger partial charge in [0.25, 0.3) is 5.91 Å². The molecule has 2 N–H and O–H groups in total. The number of nitrogens with one attached hydrogen (secondary N) is 1. The third kappa shape index (κ3) is 7.11. The van der Waals surface area contributed by atoms with Gasteiger partial charge in [0.15, 0.2) is 0 Å². The van der Waals surface area contributed by atoms with E-state index in [1.807, 2.05) is 30.3 Å². The van der Waals surface area contributed by atoms with Crippen molar-refractivity contribution in [2.24, 2.45) is 5.92 Å². The van der Waals surface area contributed by atoms with E-state index in [2.05, 4.69) is 74.6 Å². The molecule has 56 heavy (non-hydrogen) atoms. The summed E-state index contributed by atoms with van der Waals surface area (Å²) in [5.74, 6) is 1.66. The summed E-state index contributed by atoms with van der Waals surface area (Å²) >= 11 is 0. The van der Waals surface area contributed by atoms with Gasteiger partial charge in [-0.25, -0.2) is 0 Å². The lowest BCUT2D eigenvalue weighted by atomic mass is 9.69. The number of anilines is 2.